The minimum Gasteiger partial charge on any atom is -0.480 e. The topological polar surface area (TPSA) is 78.9 Å². The highest BCUT2D eigenvalue weighted by Crippen LogP contribution is 2.37. The molecule has 39 heavy (non-hydrogen) atoms. The lowest BCUT2D eigenvalue weighted by molar-refractivity contribution is -0.274. The number of hydrogen-bond acceptors (Lipinski definition) is 4. The first kappa shape index (κ1) is 29.1. The van der Waals surface area contributed by atoms with Crippen molar-refractivity contribution < 1.29 is 32.6 Å². The monoisotopic (exact) mass is 564 g/mol. The summed E-state index contributed by atoms with van der Waals surface area (Å²) in [6.45, 7) is 3.94. The molecule has 0 heterocycles. The quantitative estimate of drug-likeness (QED) is 0.292. The summed E-state index contributed by atoms with van der Waals surface area (Å²) < 4.78 is 40.4. The zero-order chi connectivity index (χ0) is 28.2. The minimum absolute atomic E-state index is 0.0656. The largest absolute Gasteiger partial charge is 0.573 e. The van der Waals surface area contributed by atoms with E-state index in [-0.39, 0.29) is 17.8 Å². The predicted molar refractivity (Wildman–Crippen MR) is 145 cm³/mol. The minimum atomic E-state index is -4.78. The van der Waals surface area contributed by atoms with Crippen molar-refractivity contribution >= 4 is 29.4 Å². The Bertz CT molecular complexity index is 1160. The number of carbonyl (C=O) groups is 2. The number of alkyl halides is 3. The van der Waals surface area contributed by atoms with Gasteiger partial charge in [-0.2, -0.15) is 0 Å². The maximum absolute atomic E-state index is 13.5. The molecule has 0 aliphatic heterocycles. The number of ether oxygens (including phenoxy) is 1. The van der Waals surface area contributed by atoms with Crippen LogP contribution in [0, 0.1) is 5.92 Å². The van der Waals surface area contributed by atoms with Crippen LogP contribution in [0.4, 0.5) is 23.7 Å². The lowest BCUT2D eigenvalue weighted by Crippen LogP contribution is -2.44. The van der Waals surface area contributed by atoms with Gasteiger partial charge in [-0.15, -0.1) is 24.9 Å². The summed E-state index contributed by atoms with van der Waals surface area (Å²) in [5, 5.41) is 12.3. The lowest BCUT2D eigenvalue weighted by Gasteiger charge is -2.30. The third kappa shape index (κ3) is 8.06. The summed E-state index contributed by atoms with van der Waals surface area (Å²) >= 11 is 1.30. The first-order valence-corrected chi connectivity index (χ1v) is 14.2. The molecule has 2 aromatic rings. The highest BCUT2D eigenvalue weighted by Gasteiger charge is 2.33. The number of halogens is 3. The van der Waals surface area contributed by atoms with Gasteiger partial charge in [-0.05, 0) is 93.0 Å². The number of carbonyl (C=O) groups excluding carboxylic acids is 1. The second-order valence-electron chi connectivity index (χ2n) is 10.9. The first-order valence-electron chi connectivity index (χ1n) is 13.4. The molecular formula is C29H35F3N2O4S. The normalized spacial score (nSPS) is 17.6. The molecule has 2 amide bonds. The predicted octanol–water partition coefficient (Wildman–Crippen LogP) is 7.51. The Balaban J connectivity index is 1.45. The van der Waals surface area contributed by atoms with E-state index in [1.165, 1.54) is 61.7 Å². The fourth-order valence-corrected chi connectivity index (χ4v) is 6.44. The smallest absolute Gasteiger partial charge is 0.480 e. The molecule has 2 aliphatic rings. The molecule has 10 heteroatoms. The van der Waals surface area contributed by atoms with Gasteiger partial charge in [0.2, 0.25) is 0 Å². The number of nitrogens with one attached hydrogen (secondary N) is 1. The second-order valence-corrected chi connectivity index (χ2v) is 12.6. The maximum atomic E-state index is 13.5. The molecule has 1 atom stereocenters. The van der Waals surface area contributed by atoms with Crippen LogP contribution < -0.4 is 10.1 Å². The Kier molecular flexibility index (Phi) is 9.03. The van der Waals surface area contributed by atoms with Crippen LogP contribution in [0.15, 0.2) is 47.4 Å². The number of hydrogen-bond donors (Lipinski definition) is 2. The Morgan fingerprint density at radius 1 is 1.05 bits per heavy atom. The molecule has 0 saturated heterocycles. The van der Waals surface area contributed by atoms with Crippen LogP contribution in [-0.4, -0.2) is 45.7 Å². The number of amides is 2. The molecule has 2 N–H and O–H groups in total. The van der Waals surface area contributed by atoms with E-state index in [1.807, 2.05) is 23.1 Å². The van der Waals surface area contributed by atoms with Crippen LogP contribution in [-0.2, 0) is 17.6 Å². The van der Waals surface area contributed by atoms with E-state index >= 15 is 0 Å². The summed E-state index contributed by atoms with van der Waals surface area (Å²) in [4.78, 5) is 27.8. The van der Waals surface area contributed by atoms with Gasteiger partial charge < -0.3 is 20.1 Å². The van der Waals surface area contributed by atoms with Gasteiger partial charge in [0.25, 0.3) is 0 Å². The second kappa shape index (κ2) is 12.1. The number of rotatable bonds is 10. The van der Waals surface area contributed by atoms with Gasteiger partial charge in [0.1, 0.15) is 10.5 Å². The highest BCUT2D eigenvalue weighted by atomic mass is 32.2. The molecular weight excluding hydrogens is 529 g/mol. The number of carboxylic acids is 1. The van der Waals surface area contributed by atoms with Crippen molar-refractivity contribution in [1.29, 1.82) is 0 Å². The third-order valence-electron chi connectivity index (χ3n) is 7.50. The van der Waals surface area contributed by atoms with Crippen molar-refractivity contribution in [3.05, 3.63) is 53.6 Å². The number of benzene rings is 2. The average molecular weight is 565 g/mol. The van der Waals surface area contributed by atoms with Gasteiger partial charge in [0.15, 0.2) is 0 Å². The standard InChI is InChI=1S/C29H35F3N2O4S/c1-28(2,26(35)36)39-25-14-9-20-16-23(17-21(20)18-25)34(15-5-8-19-6-3-4-7-19)27(37)33-22-10-12-24(13-11-22)38-29(30,31)32/h9-14,18-19,23H,3-8,15-17H2,1-2H3,(H,33,37)(H,35,36). The summed E-state index contributed by atoms with van der Waals surface area (Å²) in [5.41, 5.74) is 2.63. The van der Waals surface area contributed by atoms with Crippen LogP contribution in [0.2, 0.25) is 0 Å². The van der Waals surface area contributed by atoms with Gasteiger partial charge in [-0.3, -0.25) is 4.79 Å². The molecule has 4 rings (SSSR count). The molecule has 2 aliphatic carbocycles. The van der Waals surface area contributed by atoms with Crippen LogP contribution in [0.3, 0.4) is 0 Å². The van der Waals surface area contributed by atoms with Crippen molar-refractivity contribution in [3.63, 3.8) is 0 Å². The van der Waals surface area contributed by atoms with Crippen molar-refractivity contribution in [1.82, 2.24) is 4.90 Å². The molecule has 1 fully saturated rings. The summed E-state index contributed by atoms with van der Waals surface area (Å²) in [6, 6.07) is 10.8. The molecule has 6 nitrogen and oxygen atoms in total. The van der Waals surface area contributed by atoms with Gasteiger partial charge in [0.05, 0.1) is 0 Å². The van der Waals surface area contributed by atoms with Gasteiger partial charge in [0, 0.05) is 23.2 Å². The Hall–Kier alpha value is -2.88. The van der Waals surface area contributed by atoms with Gasteiger partial charge in [-0.1, -0.05) is 31.7 Å². The third-order valence-corrected chi connectivity index (χ3v) is 8.68. The Labute approximate surface area is 231 Å². The molecule has 1 unspecified atom stereocenters. The molecule has 212 valence electrons. The summed E-state index contributed by atoms with van der Waals surface area (Å²) in [6.07, 6.45) is 3.53. The van der Waals surface area contributed by atoms with Gasteiger partial charge >= 0.3 is 18.4 Å². The van der Waals surface area contributed by atoms with E-state index in [0.717, 1.165) is 28.9 Å². The number of nitrogens with zero attached hydrogens (tertiary/aromatic N) is 1. The SMILES string of the molecule is CC(C)(Sc1ccc2c(c1)CC(N(CCCC1CCCC1)C(=O)Nc1ccc(OC(F)(F)F)cc1)C2)C(=O)O. The van der Waals surface area contributed by atoms with Crippen LogP contribution >= 0.6 is 11.8 Å². The van der Waals surface area contributed by atoms with Crippen molar-refractivity contribution in [2.24, 2.45) is 5.92 Å². The fourth-order valence-electron chi connectivity index (χ4n) is 5.43. The van der Waals surface area contributed by atoms with E-state index in [4.69, 9.17) is 0 Å². The number of urea groups is 1. The number of fused-ring (bicyclic) bond motifs is 1. The fraction of sp³-hybridized carbons (Fsp3) is 0.517. The molecule has 0 spiro atoms. The molecule has 0 radical (unpaired) electrons. The zero-order valence-corrected chi connectivity index (χ0v) is 23.0. The molecule has 0 bridgehead atoms. The molecule has 2 aromatic carbocycles. The van der Waals surface area contributed by atoms with Crippen LogP contribution in [0.5, 0.6) is 5.75 Å². The van der Waals surface area contributed by atoms with E-state index in [0.29, 0.717) is 31.0 Å². The number of carboxylic acid groups (broad SMARTS) is 1. The van der Waals surface area contributed by atoms with Crippen molar-refractivity contribution in [2.75, 3.05) is 11.9 Å². The number of aliphatic carboxylic acids is 1. The number of thioether (sulfide) groups is 1. The maximum Gasteiger partial charge on any atom is 0.573 e. The zero-order valence-electron chi connectivity index (χ0n) is 22.2. The van der Waals surface area contributed by atoms with Crippen LogP contribution in [0.25, 0.3) is 0 Å². The molecule has 0 aromatic heterocycles. The summed E-state index contributed by atoms with van der Waals surface area (Å²) in [5.74, 6) is -0.525. The Morgan fingerprint density at radius 2 is 1.72 bits per heavy atom. The highest BCUT2D eigenvalue weighted by molar-refractivity contribution is 8.01. The number of anilines is 1. The first-order chi connectivity index (χ1) is 18.4. The summed E-state index contributed by atoms with van der Waals surface area (Å²) in [7, 11) is 0. The van der Waals surface area contributed by atoms with Crippen LogP contribution in [0.1, 0.15) is 63.5 Å². The Morgan fingerprint density at radius 3 is 2.36 bits per heavy atom. The van der Waals surface area contributed by atoms with E-state index < -0.39 is 17.1 Å². The average Bonchev–Trinajstić information content (AvgIpc) is 3.51. The van der Waals surface area contributed by atoms with Gasteiger partial charge in [-0.25, -0.2) is 4.79 Å². The van der Waals surface area contributed by atoms with E-state index in [9.17, 15) is 27.9 Å². The van der Waals surface area contributed by atoms with Crippen molar-refractivity contribution in [2.45, 2.75) is 87.3 Å². The van der Waals surface area contributed by atoms with E-state index in [1.54, 1.807) is 13.8 Å². The van der Waals surface area contributed by atoms with Crippen molar-refractivity contribution in [3.8, 4) is 5.75 Å². The van der Waals surface area contributed by atoms with E-state index in [2.05, 4.69) is 10.1 Å². The molecule has 1 saturated carbocycles. The lowest BCUT2D eigenvalue weighted by atomic mass is 10.0.